The first-order valence-electron chi connectivity index (χ1n) is 3.77. The molecule has 0 aliphatic heterocycles. The molecule has 0 saturated heterocycles. The van der Waals surface area contributed by atoms with Crippen LogP contribution in [0.1, 0.15) is 23.7 Å². The summed E-state index contributed by atoms with van der Waals surface area (Å²) < 4.78 is 0. The van der Waals surface area contributed by atoms with Crippen LogP contribution in [0.2, 0.25) is 0 Å². The molecule has 0 spiro atoms. The van der Waals surface area contributed by atoms with Gasteiger partial charge in [0.25, 0.3) is 0 Å². The van der Waals surface area contributed by atoms with Crippen molar-refractivity contribution in [2.45, 2.75) is 12.5 Å². The van der Waals surface area contributed by atoms with E-state index in [1.165, 1.54) is 0 Å². The summed E-state index contributed by atoms with van der Waals surface area (Å²) in [5.41, 5.74) is 6.57. The maximum Gasteiger partial charge on any atom is 0.101 e. The maximum absolute atomic E-state index is 8.71. The summed E-state index contributed by atoms with van der Waals surface area (Å²) >= 11 is 0. The Hall–Kier alpha value is -1.91. The van der Waals surface area contributed by atoms with Crippen LogP contribution in [0.5, 0.6) is 0 Å². The predicted octanol–water partition coefficient (Wildman–Crippen LogP) is 0.867. The second-order valence-corrected chi connectivity index (χ2v) is 2.52. The zero-order chi connectivity index (χ0) is 9.68. The van der Waals surface area contributed by atoms with Gasteiger partial charge in [0.2, 0.25) is 0 Å². The van der Waals surface area contributed by atoms with Crippen LogP contribution in [0.3, 0.4) is 0 Å². The van der Waals surface area contributed by atoms with Crippen molar-refractivity contribution in [1.82, 2.24) is 4.98 Å². The van der Waals surface area contributed by atoms with Gasteiger partial charge in [0.15, 0.2) is 0 Å². The van der Waals surface area contributed by atoms with Crippen LogP contribution in [0.4, 0.5) is 0 Å². The number of nitriles is 2. The van der Waals surface area contributed by atoms with Crippen molar-refractivity contribution >= 4 is 0 Å². The Bertz CT molecular complexity index is 372. The van der Waals surface area contributed by atoms with Gasteiger partial charge in [-0.05, 0) is 12.1 Å². The molecule has 0 bridgehead atoms. The van der Waals surface area contributed by atoms with Crippen molar-refractivity contribution in [1.29, 1.82) is 10.5 Å². The van der Waals surface area contributed by atoms with Gasteiger partial charge >= 0.3 is 0 Å². The molecule has 1 unspecified atom stereocenters. The number of aromatic nitrogens is 1. The van der Waals surface area contributed by atoms with Crippen molar-refractivity contribution in [3.63, 3.8) is 0 Å². The molecule has 0 fully saturated rings. The Morgan fingerprint density at radius 3 is 2.92 bits per heavy atom. The highest BCUT2D eigenvalue weighted by molar-refractivity contribution is 5.34. The first-order chi connectivity index (χ1) is 6.29. The standard InChI is InChI=1S/C9H8N4/c10-4-3-8(12)9-7(6-11)2-1-5-13-9/h1-2,5,8H,3,12H2. The smallest absolute Gasteiger partial charge is 0.101 e. The van der Waals surface area contributed by atoms with Crippen molar-refractivity contribution < 1.29 is 0 Å². The zero-order valence-corrected chi connectivity index (χ0v) is 6.94. The van der Waals surface area contributed by atoms with E-state index >= 15 is 0 Å². The molecule has 2 N–H and O–H groups in total. The molecule has 0 radical (unpaired) electrons. The molecule has 0 aliphatic carbocycles. The Labute approximate surface area is 76.2 Å². The molecule has 1 rings (SSSR count). The van der Waals surface area contributed by atoms with Crippen molar-refractivity contribution in [2.75, 3.05) is 0 Å². The largest absolute Gasteiger partial charge is 0.322 e. The number of hydrogen-bond acceptors (Lipinski definition) is 4. The van der Waals surface area contributed by atoms with Crippen LogP contribution < -0.4 is 5.73 Å². The SMILES string of the molecule is N#CCC(N)c1ncccc1C#N. The average molecular weight is 172 g/mol. The highest BCUT2D eigenvalue weighted by Gasteiger charge is 2.10. The molecule has 64 valence electrons. The molecule has 4 nitrogen and oxygen atoms in total. The summed E-state index contributed by atoms with van der Waals surface area (Å²) in [5.74, 6) is 0. The van der Waals surface area contributed by atoms with Gasteiger partial charge in [0.1, 0.15) is 6.07 Å². The normalized spacial score (nSPS) is 11.3. The Balaban J connectivity index is 3.02. The fraction of sp³-hybridized carbons (Fsp3) is 0.222. The first kappa shape index (κ1) is 9.18. The Morgan fingerprint density at radius 1 is 1.54 bits per heavy atom. The number of nitrogens with two attached hydrogens (primary N) is 1. The third-order valence-electron chi connectivity index (χ3n) is 1.62. The van der Waals surface area contributed by atoms with E-state index < -0.39 is 6.04 Å². The lowest BCUT2D eigenvalue weighted by Crippen LogP contribution is -2.12. The highest BCUT2D eigenvalue weighted by atomic mass is 14.8. The van der Waals surface area contributed by atoms with Gasteiger partial charge in [0.05, 0.1) is 29.8 Å². The fourth-order valence-electron chi connectivity index (χ4n) is 1.00. The van der Waals surface area contributed by atoms with Crippen molar-refractivity contribution in [3.8, 4) is 12.1 Å². The number of rotatable bonds is 2. The van der Waals surface area contributed by atoms with Crippen LogP contribution in [0, 0.1) is 22.7 Å². The van der Waals surface area contributed by atoms with Gasteiger partial charge in [-0.2, -0.15) is 10.5 Å². The van der Waals surface area contributed by atoms with Crippen LogP contribution in [-0.2, 0) is 0 Å². The molecule has 0 aliphatic rings. The minimum Gasteiger partial charge on any atom is -0.322 e. The number of hydrogen-bond donors (Lipinski definition) is 1. The van der Waals surface area contributed by atoms with Crippen molar-refractivity contribution in [2.24, 2.45) is 5.73 Å². The van der Waals surface area contributed by atoms with Gasteiger partial charge < -0.3 is 5.73 Å². The Kier molecular flexibility index (Phi) is 2.97. The second kappa shape index (κ2) is 4.20. The van der Waals surface area contributed by atoms with Gasteiger partial charge in [-0.1, -0.05) is 0 Å². The molecule has 13 heavy (non-hydrogen) atoms. The first-order valence-corrected chi connectivity index (χ1v) is 3.77. The molecule has 1 atom stereocenters. The monoisotopic (exact) mass is 172 g/mol. The van der Waals surface area contributed by atoms with E-state index in [2.05, 4.69) is 4.98 Å². The van der Waals surface area contributed by atoms with Crippen LogP contribution >= 0.6 is 0 Å². The summed E-state index contributed by atoms with van der Waals surface area (Å²) in [6.45, 7) is 0. The topological polar surface area (TPSA) is 86.5 Å². The van der Waals surface area contributed by atoms with E-state index in [-0.39, 0.29) is 6.42 Å². The molecular formula is C9H8N4. The minimum absolute atomic E-state index is 0.172. The van der Waals surface area contributed by atoms with E-state index in [9.17, 15) is 0 Å². The van der Waals surface area contributed by atoms with E-state index in [0.29, 0.717) is 11.3 Å². The molecule has 1 aromatic heterocycles. The molecule has 0 amide bonds. The molecular weight excluding hydrogens is 164 g/mol. The predicted molar refractivity (Wildman–Crippen MR) is 46.1 cm³/mol. The van der Waals surface area contributed by atoms with Gasteiger partial charge in [0, 0.05) is 6.20 Å². The van der Waals surface area contributed by atoms with E-state index in [0.717, 1.165) is 0 Å². The van der Waals surface area contributed by atoms with Crippen molar-refractivity contribution in [3.05, 3.63) is 29.6 Å². The third kappa shape index (κ3) is 2.02. The fourth-order valence-corrected chi connectivity index (χ4v) is 1.00. The average Bonchev–Trinajstić information content (AvgIpc) is 2.18. The number of nitrogens with zero attached hydrogens (tertiary/aromatic N) is 3. The third-order valence-corrected chi connectivity index (χ3v) is 1.62. The zero-order valence-electron chi connectivity index (χ0n) is 6.94. The van der Waals surface area contributed by atoms with E-state index in [1.54, 1.807) is 18.3 Å². The summed E-state index contributed by atoms with van der Waals surface area (Å²) in [4.78, 5) is 3.97. The summed E-state index contributed by atoms with van der Waals surface area (Å²) in [7, 11) is 0. The van der Waals surface area contributed by atoms with Crippen LogP contribution in [0.25, 0.3) is 0 Å². The highest BCUT2D eigenvalue weighted by Crippen LogP contribution is 2.14. The molecule has 0 saturated carbocycles. The van der Waals surface area contributed by atoms with Gasteiger partial charge in [-0.25, -0.2) is 0 Å². The van der Waals surface area contributed by atoms with E-state index in [4.69, 9.17) is 16.3 Å². The van der Waals surface area contributed by atoms with Gasteiger partial charge in [-0.3, -0.25) is 4.98 Å². The molecule has 0 aromatic carbocycles. The second-order valence-electron chi connectivity index (χ2n) is 2.52. The maximum atomic E-state index is 8.71. The summed E-state index contributed by atoms with van der Waals surface area (Å²) in [6.07, 6.45) is 1.74. The Morgan fingerprint density at radius 2 is 2.31 bits per heavy atom. The molecule has 1 heterocycles. The minimum atomic E-state index is -0.471. The lowest BCUT2D eigenvalue weighted by Gasteiger charge is -2.07. The van der Waals surface area contributed by atoms with Crippen LogP contribution in [0.15, 0.2) is 18.3 Å². The lowest BCUT2D eigenvalue weighted by atomic mass is 10.1. The van der Waals surface area contributed by atoms with Gasteiger partial charge in [-0.15, -0.1) is 0 Å². The summed E-state index contributed by atoms with van der Waals surface area (Å²) in [5, 5.41) is 17.1. The van der Waals surface area contributed by atoms with Crippen LogP contribution in [-0.4, -0.2) is 4.98 Å². The quantitative estimate of drug-likeness (QED) is 0.716. The molecule has 4 heteroatoms. The van der Waals surface area contributed by atoms with E-state index in [1.807, 2.05) is 12.1 Å². The lowest BCUT2D eigenvalue weighted by molar-refractivity contribution is 0.717. The molecule has 1 aromatic rings. The number of pyridine rings is 1. The summed E-state index contributed by atoms with van der Waals surface area (Å²) in [6, 6.07) is 6.76.